The molecule has 1 saturated heterocycles. The molecule has 0 radical (unpaired) electrons. The average molecular weight is 298 g/mol. The molecule has 1 N–H and O–H groups in total. The Hall–Kier alpha value is -0.220. The average Bonchev–Trinajstić information content (AvgIpc) is 2.76. The number of nitrogens with one attached hydrogen (secondary N) is 1. The van der Waals surface area contributed by atoms with Crippen molar-refractivity contribution in [1.29, 1.82) is 0 Å². The van der Waals surface area contributed by atoms with E-state index < -0.39 is 0 Å². The maximum atomic E-state index is 5.58. The molecule has 116 valence electrons. The molecule has 1 aliphatic carbocycles. The van der Waals surface area contributed by atoms with Crippen LogP contribution in [0.15, 0.2) is 4.99 Å². The zero-order valence-electron chi connectivity index (χ0n) is 13.4. The normalized spacial score (nSPS) is 33.9. The molecule has 0 amide bonds. The Morgan fingerprint density at radius 3 is 2.95 bits per heavy atom. The second kappa shape index (κ2) is 7.17. The monoisotopic (exact) mass is 298 g/mol. The first-order valence-electron chi connectivity index (χ1n) is 8.11. The molecule has 2 aliphatic rings. The molecular formula is C16H30N2OS. The third-order valence-electron chi connectivity index (χ3n) is 4.49. The minimum absolute atomic E-state index is 0.279. The van der Waals surface area contributed by atoms with Gasteiger partial charge in [0.15, 0.2) is 5.17 Å². The van der Waals surface area contributed by atoms with Crippen molar-refractivity contribution in [1.82, 2.24) is 5.32 Å². The molecule has 3 atom stereocenters. The smallest absolute Gasteiger partial charge is 0.157 e. The van der Waals surface area contributed by atoms with Crippen LogP contribution in [-0.4, -0.2) is 35.7 Å². The molecule has 0 aromatic rings. The molecule has 0 bridgehead atoms. The molecule has 2 fully saturated rings. The van der Waals surface area contributed by atoms with E-state index in [0.29, 0.717) is 11.5 Å². The topological polar surface area (TPSA) is 33.6 Å². The molecule has 1 spiro atoms. The molecule has 4 heteroatoms. The zero-order valence-corrected chi connectivity index (χ0v) is 14.3. The molecule has 3 unspecified atom stereocenters. The van der Waals surface area contributed by atoms with E-state index in [0.717, 1.165) is 24.3 Å². The molecule has 1 saturated carbocycles. The van der Waals surface area contributed by atoms with Crippen LogP contribution in [0.25, 0.3) is 0 Å². The van der Waals surface area contributed by atoms with Crippen molar-refractivity contribution < 1.29 is 4.74 Å². The fourth-order valence-corrected chi connectivity index (χ4v) is 4.49. The Morgan fingerprint density at radius 1 is 1.50 bits per heavy atom. The summed E-state index contributed by atoms with van der Waals surface area (Å²) in [6.07, 6.45) is 5.35. The van der Waals surface area contributed by atoms with Crippen LogP contribution >= 0.6 is 11.8 Å². The van der Waals surface area contributed by atoms with Gasteiger partial charge in [-0.1, -0.05) is 45.4 Å². The lowest BCUT2D eigenvalue weighted by molar-refractivity contribution is 0.122. The van der Waals surface area contributed by atoms with Crippen LogP contribution in [0.5, 0.6) is 0 Å². The van der Waals surface area contributed by atoms with Crippen LogP contribution in [0, 0.1) is 11.8 Å². The van der Waals surface area contributed by atoms with Gasteiger partial charge >= 0.3 is 0 Å². The Labute approximate surface area is 128 Å². The third-order valence-corrected chi connectivity index (χ3v) is 5.67. The highest BCUT2D eigenvalue weighted by atomic mass is 32.2. The lowest BCUT2D eigenvalue weighted by atomic mass is 9.78. The number of aliphatic imine (C=N–C) groups is 1. The largest absolute Gasteiger partial charge is 0.380 e. The van der Waals surface area contributed by atoms with Gasteiger partial charge in [0, 0.05) is 17.9 Å². The summed E-state index contributed by atoms with van der Waals surface area (Å²) in [4.78, 5) is 4.93. The van der Waals surface area contributed by atoms with E-state index in [-0.39, 0.29) is 6.04 Å². The molecule has 3 nitrogen and oxygen atoms in total. The highest BCUT2D eigenvalue weighted by Crippen LogP contribution is 2.38. The van der Waals surface area contributed by atoms with Crippen LogP contribution in [0.3, 0.4) is 0 Å². The quantitative estimate of drug-likeness (QED) is 0.840. The summed E-state index contributed by atoms with van der Waals surface area (Å²) in [6, 6.07) is 0.279. The lowest BCUT2D eigenvalue weighted by Gasteiger charge is -2.36. The van der Waals surface area contributed by atoms with Gasteiger partial charge in [-0.25, -0.2) is 0 Å². The van der Waals surface area contributed by atoms with Crippen molar-refractivity contribution in [3.05, 3.63) is 0 Å². The number of amidine groups is 1. The predicted molar refractivity (Wildman–Crippen MR) is 88.5 cm³/mol. The summed E-state index contributed by atoms with van der Waals surface area (Å²) < 4.78 is 5.58. The summed E-state index contributed by atoms with van der Waals surface area (Å²) in [6.45, 7) is 10.4. The van der Waals surface area contributed by atoms with Gasteiger partial charge in [0.1, 0.15) is 0 Å². The third kappa shape index (κ3) is 4.14. The van der Waals surface area contributed by atoms with E-state index in [1.165, 1.54) is 31.4 Å². The van der Waals surface area contributed by atoms with Gasteiger partial charge in [-0.2, -0.15) is 0 Å². The minimum atomic E-state index is 0.279. The summed E-state index contributed by atoms with van der Waals surface area (Å²) in [5.74, 6) is 2.56. The number of nitrogens with zero attached hydrogens (tertiary/aromatic N) is 1. The molecule has 0 aromatic heterocycles. The van der Waals surface area contributed by atoms with Crippen molar-refractivity contribution >= 4 is 16.9 Å². The maximum absolute atomic E-state index is 5.58. The van der Waals surface area contributed by atoms with E-state index in [2.05, 4.69) is 26.1 Å². The van der Waals surface area contributed by atoms with Gasteiger partial charge in [0.05, 0.1) is 12.6 Å². The second-order valence-electron chi connectivity index (χ2n) is 6.80. The number of hydrogen-bond acceptors (Lipinski definition) is 3. The van der Waals surface area contributed by atoms with Crippen LogP contribution in [0.4, 0.5) is 0 Å². The Kier molecular flexibility index (Phi) is 5.79. The van der Waals surface area contributed by atoms with E-state index in [4.69, 9.17) is 9.73 Å². The van der Waals surface area contributed by atoms with E-state index in [1.807, 2.05) is 18.7 Å². The lowest BCUT2D eigenvalue weighted by Crippen LogP contribution is -2.47. The number of thioether (sulfide) groups is 1. The van der Waals surface area contributed by atoms with Crippen LogP contribution in [0.1, 0.15) is 53.4 Å². The second-order valence-corrected chi connectivity index (χ2v) is 7.76. The summed E-state index contributed by atoms with van der Waals surface area (Å²) in [5, 5.41) is 4.91. The first-order chi connectivity index (χ1) is 9.54. The fourth-order valence-electron chi connectivity index (χ4n) is 3.25. The van der Waals surface area contributed by atoms with Crippen LogP contribution in [0.2, 0.25) is 0 Å². The summed E-state index contributed by atoms with van der Waals surface area (Å²) >= 11 is 1.91. The van der Waals surface area contributed by atoms with Crippen molar-refractivity contribution in [2.24, 2.45) is 16.8 Å². The molecule has 0 aromatic carbocycles. The van der Waals surface area contributed by atoms with Crippen LogP contribution < -0.4 is 5.32 Å². The van der Waals surface area contributed by atoms with Gasteiger partial charge in [-0.3, -0.25) is 4.99 Å². The highest BCUT2D eigenvalue weighted by Gasteiger charge is 2.40. The first kappa shape index (κ1) is 16.2. The van der Waals surface area contributed by atoms with E-state index in [9.17, 15) is 0 Å². The molecular weight excluding hydrogens is 268 g/mol. The van der Waals surface area contributed by atoms with Crippen molar-refractivity contribution in [3.8, 4) is 0 Å². The van der Waals surface area contributed by atoms with Crippen molar-refractivity contribution in [3.63, 3.8) is 0 Å². The van der Waals surface area contributed by atoms with E-state index >= 15 is 0 Å². The van der Waals surface area contributed by atoms with Crippen molar-refractivity contribution in [2.75, 3.05) is 19.0 Å². The first-order valence-corrected chi connectivity index (χ1v) is 9.10. The number of rotatable bonds is 5. The highest BCUT2D eigenvalue weighted by molar-refractivity contribution is 8.14. The standard InChI is InChI=1S/C16H30N2OS/c1-5-19-10-14(12(2)3)17-15-18-16(11-20-15)8-6-7-13(4)9-16/h12-14H,5-11H2,1-4H3,(H,17,18). The van der Waals surface area contributed by atoms with Gasteiger partial charge in [-0.05, 0) is 31.6 Å². The van der Waals surface area contributed by atoms with Gasteiger partial charge in [0.2, 0.25) is 0 Å². The summed E-state index contributed by atoms with van der Waals surface area (Å²) in [5.41, 5.74) is 0.328. The minimum Gasteiger partial charge on any atom is -0.380 e. The predicted octanol–water partition coefficient (Wildman–Crippen LogP) is 3.69. The molecule has 1 heterocycles. The maximum Gasteiger partial charge on any atom is 0.157 e. The zero-order chi connectivity index (χ0) is 14.6. The Morgan fingerprint density at radius 2 is 2.30 bits per heavy atom. The Balaban J connectivity index is 1.97. The van der Waals surface area contributed by atoms with Crippen molar-refractivity contribution in [2.45, 2.75) is 65.0 Å². The van der Waals surface area contributed by atoms with Crippen LogP contribution in [-0.2, 0) is 4.74 Å². The van der Waals surface area contributed by atoms with Gasteiger partial charge in [-0.15, -0.1) is 0 Å². The van der Waals surface area contributed by atoms with Gasteiger partial charge in [0.25, 0.3) is 0 Å². The molecule has 2 rings (SSSR count). The Bertz CT molecular complexity index is 345. The summed E-state index contributed by atoms with van der Waals surface area (Å²) in [7, 11) is 0. The molecule has 20 heavy (non-hydrogen) atoms. The van der Waals surface area contributed by atoms with Gasteiger partial charge < -0.3 is 10.1 Å². The number of ether oxygens (including phenoxy) is 1. The SMILES string of the molecule is CCOCC(N=C1NC2(CCCC(C)C2)CS1)C(C)C. The van der Waals surface area contributed by atoms with E-state index in [1.54, 1.807) is 0 Å². The fraction of sp³-hybridized carbons (Fsp3) is 0.938. The number of hydrogen-bond donors (Lipinski definition) is 1. The molecule has 1 aliphatic heterocycles.